The number of nitrogens with one attached hydrogen (secondary N) is 2. The minimum absolute atomic E-state index is 0. The monoisotopic (exact) mass is 720 g/mol. The lowest BCUT2D eigenvalue weighted by molar-refractivity contribution is 0.576. The predicted molar refractivity (Wildman–Crippen MR) is 224 cm³/mol. The van der Waals surface area contributed by atoms with Gasteiger partial charge in [-0.05, 0) is 87.0 Å². The molecule has 270 valence electrons. The standard InChI is InChI=1S/C46H48N6.ClH/c1-3-15-35(16-4-1)19-13-27-51-43-23-9-7-21-39(43)41-29-37(49-33-45(41)51)31-47-25-11-12-26-48-32-38-30-42-40-22-8-10-24-44(40)52(46(42)34-50-38)28-14-20-36-17-5-2-6-18-36;/h1-10,15-18,21-24,29-30,33-34,47-48H,11-14,19-20,25-28,31-32H2;1H. The van der Waals surface area contributed by atoms with Gasteiger partial charge in [0.2, 0.25) is 0 Å². The molecule has 53 heavy (non-hydrogen) atoms. The van der Waals surface area contributed by atoms with E-state index in [4.69, 9.17) is 9.97 Å². The van der Waals surface area contributed by atoms with E-state index < -0.39 is 0 Å². The molecule has 7 heteroatoms. The van der Waals surface area contributed by atoms with Crippen molar-refractivity contribution in [2.45, 2.75) is 64.7 Å². The minimum atomic E-state index is 0. The third kappa shape index (κ3) is 8.47. The molecule has 0 unspecified atom stereocenters. The van der Waals surface area contributed by atoms with E-state index in [9.17, 15) is 0 Å². The van der Waals surface area contributed by atoms with Crippen molar-refractivity contribution in [2.75, 3.05) is 13.1 Å². The molecule has 2 N–H and O–H groups in total. The Kier molecular flexibility index (Phi) is 12.1. The SMILES string of the molecule is Cl.c1ccc(CCCn2c3ccccc3c3cc(CNCCCCNCc4cc5c6ccccc6n(CCCc6ccccc6)c5cn4)ncc32)cc1. The number of fused-ring (bicyclic) bond motifs is 6. The fraction of sp³-hybridized carbons (Fsp3) is 0.261. The summed E-state index contributed by atoms with van der Waals surface area (Å²) in [5, 5.41) is 12.5. The molecule has 0 fully saturated rings. The molecule has 4 heterocycles. The average molecular weight is 721 g/mol. The minimum Gasteiger partial charge on any atom is -0.339 e. The molecule has 0 aliphatic rings. The highest BCUT2D eigenvalue weighted by Gasteiger charge is 2.13. The van der Waals surface area contributed by atoms with Gasteiger partial charge in [-0.3, -0.25) is 9.97 Å². The Morgan fingerprint density at radius 2 is 0.849 bits per heavy atom. The number of para-hydroxylation sites is 2. The van der Waals surface area contributed by atoms with Gasteiger partial charge in [-0.25, -0.2) is 0 Å². The quantitative estimate of drug-likeness (QED) is 0.0920. The third-order valence-corrected chi connectivity index (χ3v) is 10.4. The second kappa shape index (κ2) is 17.7. The fourth-order valence-electron chi connectivity index (χ4n) is 7.76. The van der Waals surface area contributed by atoms with Crippen LogP contribution in [0.15, 0.2) is 134 Å². The van der Waals surface area contributed by atoms with Crippen LogP contribution >= 0.6 is 12.4 Å². The van der Waals surface area contributed by atoms with E-state index >= 15 is 0 Å². The van der Waals surface area contributed by atoms with Gasteiger partial charge >= 0.3 is 0 Å². The first-order valence-electron chi connectivity index (χ1n) is 19.0. The molecule has 8 aromatic rings. The number of hydrogen-bond donors (Lipinski definition) is 2. The summed E-state index contributed by atoms with van der Waals surface area (Å²) in [4.78, 5) is 9.75. The largest absolute Gasteiger partial charge is 0.339 e. The molecule has 0 radical (unpaired) electrons. The lowest BCUT2D eigenvalue weighted by Crippen LogP contribution is -2.19. The van der Waals surface area contributed by atoms with Gasteiger partial charge in [-0.2, -0.15) is 0 Å². The Morgan fingerprint density at radius 1 is 0.434 bits per heavy atom. The highest BCUT2D eigenvalue weighted by atomic mass is 35.5. The summed E-state index contributed by atoms with van der Waals surface area (Å²) in [5.41, 5.74) is 10.0. The van der Waals surface area contributed by atoms with Crippen molar-refractivity contribution in [1.29, 1.82) is 0 Å². The van der Waals surface area contributed by atoms with Gasteiger partial charge in [0.1, 0.15) is 0 Å². The fourth-order valence-corrected chi connectivity index (χ4v) is 7.76. The summed E-state index contributed by atoms with van der Waals surface area (Å²) in [6, 6.07) is 43.7. The Hall–Kier alpha value is -5.01. The molecule has 8 rings (SSSR count). The first-order valence-corrected chi connectivity index (χ1v) is 19.0. The average Bonchev–Trinajstić information content (AvgIpc) is 3.68. The Morgan fingerprint density at radius 3 is 1.30 bits per heavy atom. The van der Waals surface area contributed by atoms with Gasteiger partial charge in [0, 0.05) is 58.8 Å². The van der Waals surface area contributed by atoms with Crippen LogP contribution in [0.4, 0.5) is 0 Å². The summed E-state index contributed by atoms with van der Waals surface area (Å²) in [6.07, 6.45) is 10.7. The molecule has 4 aromatic carbocycles. The molecule has 0 aliphatic carbocycles. The first kappa shape index (κ1) is 36.4. The smallest absolute Gasteiger partial charge is 0.0678 e. The van der Waals surface area contributed by atoms with Gasteiger partial charge in [0.15, 0.2) is 0 Å². The van der Waals surface area contributed by atoms with Gasteiger partial charge in [-0.1, -0.05) is 97.1 Å². The van der Waals surface area contributed by atoms with Crippen molar-refractivity contribution in [3.8, 4) is 0 Å². The number of unbranched alkanes of at least 4 members (excludes halogenated alkanes) is 1. The molecule has 0 aliphatic heterocycles. The summed E-state index contributed by atoms with van der Waals surface area (Å²) >= 11 is 0. The zero-order valence-corrected chi connectivity index (χ0v) is 31.2. The number of aryl methyl sites for hydroxylation is 4. The number of aromatic nitrogens is 4. The topological polar surface area (TPSA) is 59.7 Å². The van der Waals surface area contributed by atoms with Crippen LogP contribution in [0.1, 0.15) is 48.2 Å². The summed E-state index contributed by atoms with van der Waals surface area (Å²) in [5.74, 6) is 0. The molecule has 0 spiro atoms. The van der Waals surface area contributed by atoms with Gasteiger partial charge < -0.3 is 19.8 Å². The zero-order valence-electron chi connectivity index (χ0n) is 30.4. The maximum Gasteiger partial charge on any atom is 0.0678 e. The second-order valence-electron chi connectivity index (χ2n) is 14.0. The van der Waals surface area contributed by atoms with E-state index in [1.807, 2.05) is 0 Å². The van der Waals surface area contributed by atoms with Crippen molar-refractivity contribution in [2.24, 2.45) is 0 Å². The highest BCUT2D eigenvalue weighted by molar-refractivity contribution is 6.08. The highest BCUT2D eigenvalue weighted by Crippen LogP contribution is 2.31. The molecule has 0 bridgehead atoms. The van der Waals surface area contributed by atoms with Crippen LogP contribution in [0, 0.1) is 0 Å². The molecule has 0 atom stereocenters. The van der Waals surface area contributed by atoms with Crippen molar-refractivity contribution < 1.29 is 0 Å². The molecule has 0 saturated carbocycles. The van der Waals surface area contributed by atoms with Crippen molar-refractivity contribution in [3.63, 3.8) is 0 Å². The molecular weight excluding hydrogens is 672 g/mol. The molecule has 4 aromatic heterocycles. The van der Waals surface area contributed by atoms with Gasteiger partial charge in [-0.15, -0.1) is 12.4 Å². The van der Waals surface area contributed by atoms with E-state index in [1.54, 1.807) is 0 Å². The molecule has 0 saturated heterocycles. The molecule has 6 nitrogen and oxygen atoms in total. The van der Waals surface area contributed by atoms with E-state index in [-0.39, 0.29) is 12.4 Å². The van der Waals surface area contributed by atoms with Crippen LogP contribution in [-0.4, -0.2) is 32.2 Å². The number of halogens is 1. The summed E-state index contributed by atoms with van der Waals surface area (Å²) < 4.78 is 4.90. The Bertz CT molecular complexity index is 2210. The Labute approximate surface area is 318 Å². The number of nitrogens with zero attached hydrogens (tertiary/aromatic N) is 4. The van der Waals surface area contributed by atoms with Crippen molar-refractivity contribution >= 4 is 56.0 Å². The first-order chi connectivity index (χ1) is 25.8. The van der Waals surface area contributed by atoms with Crippen LogP contribution in [0.3, 0.4) is 0 Å². The van der Waals surface area contributed by atoms with E-state index in [1.165, 1.54) is 54.7 Å². The lowest BCUT2D eigenvalue weighted by atomic mass is 10.1. The zero-order chi connectivity index (χ0) is 35.0. The van der Waals surface area contributed by atoms with E-state index in [2.05, 4.69) is 153 Å². The molecular formula is C46H49ClN6. The van der Waals surface area contributed by atoms with Crippen LogP contribution in [0.25, 0.3) is 43.6 Å². The van der Waals surface area contributed by atoms with E-state index in [0.717, 1.165) is 89.2 Å². The van der Waals surface area contributed by atoms with Crippen molar-refractivity contribution in [1.82, 2.24) is 29.7 Å². The van der Waals surface area contributed by atoms with Crippen LogP contribution in [0.5, 0.6) is 0 Å². The predicted octanol–water partition coefficient (Wildman–Crippen LogP) is 10.0. The summed E-state index contributed by atoms with van der Waals surface area (Å²) in [7, 11) is 0. The second-order valence-corrected chi connectivity index (χ2v) is 14.0. The number of benzene rings is 4. The van der Waals surface area contributed by atoms with Crippen LogP contribution < -0.4 is 10.6 Å². The Balaban J connectivity index is 0.00000435. The third-order valence-electron chi connectivity index (χ3n) is 10.4. The van der Waals surface area contributed by atoms with Crippen LogP contribution in [0.2, 0.25) is 0 Å². The number of hydrogen-bond acceptors (Lipinski definition) is 4. The number of pyridine rings is 2. The number of rotatable bonds is 17. The van der Waals surface area contributed by atoms with Gasteiger partial charge in [0.05, 0.1) is 34.8 Å². The van der Waals surface area contributed by atoms with E-state index in [0.29, 0.717) is 0 Å². The molecule has 0 amide bonds. The lowest BCUT2D eigenvalue weighted by Gasteiger charge is -2.09. The van der Waals surface area contributed by atoms with Gasteiger partial charge in [0.25, 0.3) is 0 Å². The normalized spacial score (nSPS) is 11.5. The van der Waals surface area contributed by atoms with Crippen LogP contribution in [-0.2, 0) is 39.0 Å². The van der Waals surface area contributed by atoms with Crippen molar-refractivity contribution in [3.05, 3.63) is 156 Å². The summed E-state index contributed by atoms with van der Waals surface area (Å²) in [6.45, 7) is 5.46. The maximum absolute atomic E-state index is 4.87. The maximum atomic E-state index is 4.87.